The fraction of sp³-hybridized carbons (Fsp3) is 0.667. The minimum Gasteiger partial charge on any atom is -0.337 e. The van der Waals surface area contributed by atoms with Crippen LogP contribution in [0.25, 0.3) is 0 Å². The van der Waals surface area contributed by atoms with Gasteiger partial charge < -0.3 is 10.6 Å². The summed E-state index contributed by atoms with van der Waals surface area (Å²) in [6.07, 6.45) is 1.72. The highest BCUT2D eigenvalue weighted by Crippen LogP contribution is 2.05. The summed E-state index contributed by atoms with van der Waals surface area (Å²) in [7, 11) is -0.732. The van der Waals surface area contributed by atoms with Crippen molar-refractivity contribution in [2.24, 2.45) is 5.73 Å². The molecule has 0 bridgehead atoms. The summed E-state index contributed by atoms with van der Waals surface area (Å²) in [6, 6.07) is 0. The molecule has 2 N–H and O–H groups in total. The van der Waals surface area contributed by atoms with Crippen LogP contribution in [0.3, 0.4) is 0 Å². The van der Waals surface area contributed by atoms with Gasteiger partial charge in [0.2, 0.25) is 5.91 Å². The zero-order valence-electron chi connectivity index (χ0n) is 8.36. The monoisotopic (exact) mass is 216 g/mol. The molecule has 0 aromatic carbocycles. The summed E-state index contributed by atoms with van der Waals surface area (Å²) in [5.41, 5.74) is 6.00. The van der Waals surface area contributed by atoms with Crippen LogP contribution in [0, 0.1) is 0 Å². The molecule has 0 aliphatic carbocycles. The maximum atomic E-state index is 11.7. The molecule has 1 aliphatic rings. The van der Waals surface area contributed by atoms with E-state index >= 15 is 0 Å². The van der Waals surface area contributed by atoms with E-state index in [-0.39, 0.29) is 5.91 Å². The number of nitrogens with two attached hydrogens (primary N) is 1. The Morgan fingerprint density at radius 1 is 1.50 bits per heavy atom. The van der Waals surface area contributed by atoms with Gasteiger partial charge in [0.1, 0.15) is 0 Å². The van der Waals surface area contributed by atoms with Gasteiger partial charge in [0.05, 0.1) is 0 Å². The molecule has 14 heavy (non-hydrogen) atoms. The first-order valence-electron chi connectivity index (χ1n) is 4.66. The maximum absolute atomic E-state index is 11.7. The van der Waals surface area contributed by atoms with Crippen LogP contribution in [0.1, 0.15) is 6.92 Å². The molecule has 1 rings (SSSR count). The highest BCUT2D eigenvalue weighted by atomic mass is 32.2. The third-order valence-corrected chi connectivity index (χ3v) is 3.50. The minimum atomic E-state index is -0.732. The smallest absolute Gasteiger partial charge is 0.249 e. The number of nitrogens with zero attached hydrogens (tertiary/aromatic N) is 1. The minimum absolute atomic E-state index is 0.0205. The van der Waals surface area contributed by atoms with Gasteiger partial charge in [-0.15, -0.1) is 0 Å². The Morgan fingerprint density at radius 3 is 2.57 bits per heavy atom. The van der Waals surface area contributed by atoms with Crippen LogP contribution in [-0.4, -0.2) is 46.2 Å². The molecule has 1 aliphatic heterocycles. The van der Waals surface area contributed by atoms with Crippen LogP contribution >= 0.6 is 0 Å². The zero-order valence-corrected chi connectivity index (χ0v) is 9.18. The Morgan fingerprint density at radius 2 is 2.07 bits per heavy atom. The highest BCUT2D eigenvalue weighted by Gasteiger charge is 2.20. The summed E-state index contributed by atoms with van der Waals surface area (Å²) in [4.78, 5) is 13.4. The molecular weight excluding hydrogens is 200 g/mol. The highest BCUT2D eigenvalue weighted by molar-refractivity contribution is 7.85. The lowest BCUT2D eigenvalue weighted by molar-refractivity contribution is -0.126. The van der Waals surface area contributed by atoms with Crippen molar-refractivity contribution in [2.75, 3.05) is 31.1 Å². The van der Waals surface area contributed by atoms with Gasteiger partial charge in [0.15, 0.2) is 0 Å². The molecule has 1 fully saturated rings. The number of hydrogen-bond donors (Lipinski definition) is 1. The Bertz CT molecular complexity index is 266. The summed E-state index contributed by atoms with van der Waals surface area (Å²) in [6.45, 7) is 3.35. The Balaban J connectivity index is 2.53. The predicted octanol–water partition coefficient (Wildman–Crippen LogP) is -0.518. The number of carbonyl (C=O) groups excluding carboxylic acids is 1. The third-order valence-electron chi connectivity index (χ3n) is 2.23. The molecule has 1 amide bonds. The van der Waals surface area contributed by atoms with Gasteiger partial charge >= 0.3 is 0 Å². The Labute approximate surface area is 86.6 Å². The summed E-state index contributed by atoms with van der Waals surface area (Å²) >= 11 is 0. The molecule has 0 atom stereocenters. The van der Waals surface area contributed by atoms with Crippen LogP contribution in [0.2, 0.25) is 0 Å². The molecule has 80 valence electrons. The van der Waals surface area contributed by atoms with Crippen molar-refractivity contribution in [3.8, 4) is 0 Å². The van der Waals surface area contributed by atoms with E-state index < -0.39 is 10.8 Å². The fourth-order valence-corrected chi connectivity index (χ4v) is 2.41. The molecular formula is C9H16N2O2S. The molecule has 4 nitrogen and oxygen atoms in total. The number of rotatable bonds is 2. The van der Waals surface area contributed by atoms with E-state index in [1.165, 1.54) is 0 Å². The third kappa shape index (κ3) is 2.92. The van der Waals surface area contributed by atoms with Gasteiger partial charge in [-0.25, -0.2) is 0 Å². The SMILES string of the molecule is C/C(=C\CN)C(=O)N1CCS(=O)CC1. The van der Waals surface area contributed by atoms with E-state index in [4.69, 9.17) is 5.73 Å². The van der Waals surface area contributed by atoms with Crippen LogP contribution in [0.15, 0.2) is 11.6 Å². The first kappa shape index (κ1) is 11.4. The lowest BCUT2D eigenvalue weighted by atomic mass is 10.2. The standard InChI is InChI=1S/C9H16N2O2S/c1-8(2-3-10)9(12)11-4-6-14(13)7-5-11/h2H,3-7,10H2,1H3/b8-2+. The molecule has 1 saturated heterocycles. The van der Waals surface area contributed by atoms with Gasteiger partial charge in [0.25, 0.3) is 0 Å². The average Bonchev–Trinajstić information content (AvgIpc) is 2.18. The second-order valence-electron chi connectivity index (χ2n) is 3.26. The van der Waals surface area contributed by atoms with Crippen LogP contribution in [-0.2, 0) is 15.6 Å². The summed E-state index contributed by atoms with van der Waals surface area (Å²) in [5, 5.41) is 0. The molecule has 0 unspecified atom stereocenters. The van der Waals surface area contributed by atoms with Crippen molar-refractivity contribution >= 4 is 16.7 Å². The first-order valence-corrected chi connectivity index (χ1v) is 6.15. The Kier molecular flexibility index (Phi) is 4.28. The van der Waals surface area contributed by atoms with Crippen molar-refractivity contribution in [3.63, 3.8) is 0 Å². The molecule has 0 saturated carbocycles. The van der Waals surface area contributed by atoms with Gasteiger partial charge in [0, 0.05) is 47.5 Å². The maximum Gasteiger partial charge on any atom is 0.249 e. The summed E-state index contributed by atoms with van der Waals surface area (Å²) in [5.74, 6) is 1.22. The van der Waals surface area contributed by atoms with Crippen LogP contribution < -0.4 is 5.73 Å². The quantitative estimate of drug-likeness (QED) is 0.632. The normalized spacial score (nSPS) is 19.9. The molecule has 1 heterocycles. The molecule has 0 aromatic heterocycles. The molecule has 0 aromatic rings. The molecule has 0 spiro atoms. The van der Waals surface area contributed by atoms with E-state index in [2.05, 4.69) is 0 Å². The zero-order chi connectivity index (χ0) is 10.6. The van der Waals surface area contributed by atoms with Gasteiger partial charge in [-0.05, 0) is 6.92 Å². The second-order valence-corrected chi connectivity index (χ2v) is 4.96. The predicted molar refractivity (Wildman–Crippen MR) is 57.3 cm³/mol. The lowest BCUT2D eigenvalue weighted by Gasteiger charge is -2.26. The van der Waals surface area contributed by atoms with E-state index in [9.17, 15) is 9.00 Å². The first-order chi connectivity index (χ1) is 6.65. The average molecular weight is 216 g/mol. The van der Waals surface area contributed by atoms with Gasteiger partial charge in [-0.2, -0.15) is 0 Å². The topological polar surface area (TPSA) is 63.4 Å². The largest absolute Gasteiger partial charge is 0.337 e. The van der Waals surface area contributed by atoms with E-state index in [1.54, 1.807) is 17.9 Å². The fourth-order valence-electron chi connectivity index (χ4n) is 1.35. The van der Waals surface area contributed by atoms with E-state index in [0.29, 0.717) is 36.7 Å². The van der Waals surface area contributed by atoms with Crippen molar-refractivity contribution in [2.45, 2.75) is 6.92 Å². The van der Waals surface area contributed by atoms with E-state index in [1.807, 2.05) is 0 Å². The summed E-state index contributed by atoms with van der Waals surface area (Å²) < 4.78 is 11.1. The Hall–Kier alpha value is -0.680. The number of hydrogen-bond acceptors (Lipinski definition) is 3. The van der Waals surface area contributed by atoms with Crippen molar-refractivity contribution in [1.82, 2.24) is 4.90 Å². The van der Waals surface area contributed by atoms with Crippen molar-refractivity contribution < 1.29 is 9.00 Å². The number of carbonyl (C=O) groups is 1. The van der Waals surface area contributed by atoms with Gasteiger partial charge in [-0.1, -0.05) is 6.08 Å². The molecule has 0 radical (unpaired) electrons. The van der Waals surface area contributed by atoms with Crippen LogP contribution in [0.4, 0.5) is 0 Å². The van der Waals surface area contributed by atoms with Gasteiger partial charge in [-0.3, -0.25) is 9.00 Å². The number of amides is 1. The van der Waals surface area contributed by atoms with Crippen molar-refractivity contribution in [1.29, 1.82) is 0 Å². The lowest BCUT2D eigenvalue weighted by Crippen LogP contribution is -2.42. The van der Waals surface area contributed by atoms with Crippen molar-refractivity contribution in [3.05, 3.63) is 11.6 Å². The second kappa shape index (κ2) is 5.26. The van der Waals surface area contributed by atoms with Crippen LogP contribution in [0.5, 0.6) is 0 Å². The molecule has 5 heteroatoms. The van der Waals surface area contributed by atoms with E-state index in [0.717, 1.165) is 0 Å².